The van der Waals surface area contributed by atoms with E-state index in [9.17, 15) is 18.5 Å². The number of rotatable bonds is 6. The predicted molar refractivity (Wildman–Crippen MR) is 133 cm³/mol. The second-order valence-electron chi connectivity index (χ2n) is 8.09. The summed E-state index contributed by atoms with van der Waals surface area (Å²) in [4.78, 5) is 10.2. The molecule has 178 valence electrons. The first-order valence-electron chi connectivity index (χ1n) is 10.7. The van der Waals surface area contributed by atoms with Gasteiger partial charge in [-0.05, 0) is 47.7 Å². The molecule has 0 saturated heterocycles. The molecule has 2 N–H and O–H groups in total. The van der Waals surface area contributed by atoms with Crippen LogP contribution in [0.25, 0.3) is 10.8 Å². The number of nitro groups is 1. The van der Waals surface area contributed by atoms with Gasteiger partial charge in [-0.25, -0.2) is 0 Å². The van der Waals surface area contributed by atoms with E-state index in [1.165, 1.54) is 25.3 Å². The monoisotopic (exact) mass is 491 g/mol. The molecule has 1 aliphatic heterocycles. The number of nitro benzene ring substituents is 1. The Morgan fingerprint density at radius 3 is 2.23 bits per heavy atom. The summed E-state index contributed by atoms with van der Waals surface area (Å²) >= 11 is 0. The van der Waals surface area contributed by atoms with Gasteiger partial charge in [-0.2, -0.15) is 8.42 Å². The van der Waals surface area contributed by atoms with Crippen LogP contribution in [-0.4, -0.2) is 20.5 Å². The van der Waals surface area contributed by atoms with Crippen LogP contribution in [-0.2, 0) is 10.1 Å². The van der Waals surface area contributed by atoms with Crippen LogP contribution in [0.2, 0.25) is 0 Å². The number of aryl methyl sites for hydroxylation is 1. The van der Waals surface area contributed by atoms with E-state index >= 15 is 0 Å². The third kappa shape index (κ3) is 4.08. The van der Waals surface area contributed by atoms with Crippen molar-refractivity contribution in [3.8, 4) is 11.5 Å². The van der Waals surface area contributed by atoms with Crippen LogP contribution < -0.4 is 19.6 Å². The summed E-state index contributed by atoms with van der Waals surface area (Å²) in [6, 6.07) is 20.6. The molecule has 0 fully saturated rings. The fraction of sp³-hybridized carbons (Fsp3) is 0.120. The van der Waals surface area contributed by atoms with Gasteiger partial charge in [-0.1, -0.05) is 36.4 Å². The van der Waals surface area contributed by atoms with E-state index in [1.54, 1.807) is 19.1 Å². The Kier molecular flexibility index (Phi) is 5.45. The highest BCUT2D eigenvalue weighted by atomic mass is 32.2. The maximum atomic E-state index is 13.0. The summed E-state index contributed by atoms with van der Waals surface area (Å²) < 4.78 is 36.7. The lowest BCUT2D eigenvalue weighted by Gasteiger charge is -2.30. The van der Waals surface area contributed by atoms with Gasteiger partial charge in [0.1, 0.15) is 11.1 Å². The third-order valence-electron chi connectivity index (χ3n) is 5.88. The van der Waals surface area contributed by atoms with Crippen LogP contribution in [0.4, 0.5) is 17.1 Å². The van der Waals surface area contributed by atoms with Crippen molar-refractivity contribution in [2.24, 2.45) is 0 Å². The SMILES string of the molecule is COc1cc(C2Nc3cccc4cccc(c34)N2)ccc1OS(=O)(=O)c1cc([N+](=O)[O-])ccc1C. The standard InChI is InChI=1S/C25H21N3O6S/c1-15-9-11-18(28(29)30)14-23(15)35(31,32)34-21-12-10-17(13-22(21)33-2)25-26-19-7-3-5-16-6-4-8-20(27-25)24(16)19/h3-14,25-27H,1-2H3. The molecule has 0 amide bonds. The van der Waals surface area contributed by atoms with E-state index in [4.69, 9.17) is 8.92 Å². The van der Waals surface area contributed by atoms with Crippen molar-refractivity contribution in [2.75, 3.05) is 17.7 Å². The summed E-state index contributed by atoms with van der Waals surface area (Å²) in [5.74, 6) is 0.176. The van der Waals surface area contributed by atoms with Crippen LogP contribution in [0.3, 0.4) is 0 Å². The molecule has 9 nitrogen and oxygen atoms in total. The fourth-order valence-electron chi connectivity index (χ4n) is 4.16. The lowest BCUT2D eigenvalue weighted by molar-refractivity contribution is -0.385. The first-order chi connectivity index (χ1) is 16.8. The fourth-order valence-corrected chi connectivity index (χ4v) is 5.35. The maximum Gasteiger partial charge on any atom is 0.339 e. The molecule has 0 radical (unpaired) electrons. The summed E-state index contributed by atoms with van der Waals surface area (Å²) in [5, 5.41) is 20.2. The average Bonchev–Trinajstić information content (AvgIpc) is 2.84. The molecular formula is C25H21N3O6S. The topological polar surface area (TPSA) is 120 Å². The number of nitrogens with one attached hydrogen (secondary N) is 2. The van der Waals surface area contributed by atoms with E-state index in [1.807, 2.05) is 36.4 Å². The molecule has 10 heteroatoms. The van der Waals surface area contributed by atoms with Gasteiger partial charge in [-0.15, -0.1) is 0 Å². The molecule has 35 heavy (non-hydrogen) atoms. The van der Waals surface area contributed by atoms with Crippen LogP contribution in [0.1, 0.15) is 17.3 Å². The lowest BCUT2D eigenvalue weighted by atomic mass is 10.0. The molecule has 4 aromatic carbocycles. The Bertz CT molecular complexity index is 1550. The van der Waals surface area contributed by atoms with Gasteiger partial charge in [0, 0.05) is 28.9 Å². The summed E-state index contributed by atoms with van der Waals surface area (Å²) in [6.07, 6.45) is -0.297. The molecule has 0 aromatic heterocycles. The number of ether oxygens (including phenoxy) is 1. The van der Waals surface area contributed by atoms with Crippen LogP contribution in [0, 0.1) is 17.0 Å². The minimum absolute atomic E-state index is 0.0273. The molecule has 0 unspecified atom stereocenters. The van der Waals surface area contributed by atoms with Crippen LogP contribution in [0.5, 0.6) is 11.5 Å². The number of non-ortho nitro benzene ring substituents is 1. The number of benzene rings is 4. The molecule has 1 aliphatic rings. The highest BCUT2D eigenvalue weighted by Crippen LogP contribution is 2.40. The van der Waals surface area contributed by atoms with Gasteiger partial charge < -0.3 is 19.6 Å². The predicted octanol–water partition coefficient (Wildman–Crippen LogP) is 5.37. The highest BCUT2D eigenvalue weighted by molar-refractivity contribution is 7.87. The normalized spacial score (nSPS) is 13.1. The third-order valence-corrected chi connectivity index (χ3v) is 7.25. The van der Waals surface area contributed by atoms with Crippen LogP contribution in [0.15, 0.2) is 77.7 Å². The van der Waals surface area contributed by atoms with E-state index in [2.05, 4.69) is 10.6 Å². The number of nitrogens with zero attached hydrogens (tertiary/aromatic N) is 1. The first-order valence-corrected chi connectivity index (χ1v) is 12.1. The van der Waals surface area contributed by atoms with Crippen molar-refractivity contribution in [3.63, 3.8) is 0 Å². The number of anilines is 2. The minimum atomic E-state index is -4.35. The molecule has 1 heterocycles. The Morgan fingerprint density at radius 1 is 0.914 bits per heavy atom. The zero-order valence-corrected chi connectivity index (χ0v) is 19.6. The number of hydrogen-bond donors (Lipinski definition) is 2. The molecule has 0 atom stereocenters. The van der Waals surface area contributed by atoms with E-state index in [0.717, 1.165) is 33.8 Å². The molecule has 0 spiro atoms. The zero-order valence-electron chi connectivity index (χ0n) is 18.8. The van der Waals surface area contributed by atoms with Crippen molar-refractivity contribution in [1.82, 2.24) is 0 Å². The van der Waals surface area contributed by atoms with E-state index in [0.29, 0.717) is 5.56 Å². The number of methoxy groups -OCH3 is 1. The minimum Gasteiger partial charge on any atom is -0.493 e. The van der Waals surface area contributed by atoms with Gasteiger partial charge in [0.25, 0.3) is 5.69 Å². The van der Waals surface area contributed by atoms with Crippen molar-refractivity contribution < 1.29 is 22.3 Å². The van der Waals surface area contributed by atoms with Gasteiger partial charge in [0.2, 0.25) is 0 Å². The van der Waals surface area contributed by atoms with E-state index in [-0.39, 0.29) is 28.2 Å². The molecule has 5 rings (SSSR count). The quantitative estimate of drug-likeness (QED) is 0.210. The van der Waals surface area contributed by atoms with Gasteiger partial charge in [0.05, 0.1) is 12.0 Å². The lowest BCUT2D eigenvalue weighted by Crippen LogP contribution is -2.23. The summed E-state index contributed by atoms with van der Waals surface area (Å²) in [7, 11) is -2.94. The average molecular weight is 492 g/mol. The molecule has 0 saturated carbocycles. The first kappa shape index (κ1) is 22.5. The maximum absolute atomic E-state index is 13.0. The summed E-state index contributed by atoms with van der Waals surface area (Å²) in [6.45, 7) is 1.54. The Hall–Kier alpha value is -4.31. The molecule has 0 bridgehead atoms. The molecule has 0 aliphatic carbocycles. The van der Waals surface area contributed by atoms with Crippen molar-refractivity contribution in [3.05, 3.63) is 94.0 Å². The Morgan fingerprint density at radius 2 is 1.60 bits per heavy atom. The second-order valence-corrected chi connectivity index (χ2v) is 9.60. The van der Waals surface area contributed by atoms with Crippen LogP contribution >= 0.6 is 0 Å². The highest BCUT2D eigenvalue weighted by Gasteiger charge is 2.26. The smallest absolute Gasteiger partial charge is 0.339 e. The molecule has 4 aromatic rings. The zero-order chi connectivity index (χ0) is 24.7. The van der Waals surface area contributed by atoms with Crippen molar-refractivity contribution in [1.29, 1.82) is 0 Å². The second kappa shape index (κ2) is 8.48. The Labute approximate surface area is 201 Å². The van der Waals surface area contributed by atoms with E-state index < -0.39 is 15.0 Å². The van der Waals surface area contributed by atoms with Crippen molar-refractivity contribution in [2.45, 2.75) is 18.0 Å². The Balaban J connectivity index is 1.46. The van der Waals surface area contributed by atoms with Gasteiger partial charge in [0.15, 0.2) is 11.5 Å². The molecular weight excluding hydrogens is 470 g/mol. The van der Waals surface area contributed by atoms with Gasteiger partial charge in [-0.3, -0.25) is 10.1 Å². The number of hydrogen-bond acceptors (Lipinski definition) is 8. The largest absolute Gasteiger partial charge is 0.493 e. The summed E-state index contributed by atoms with van der Waals surface area (Å²) in [5.41, 5.74) is 2.74. The van der Waals surface area contributed by atoms with Gasteiger partial charge >= 0.3 is 10.1 Å². The van der Waals surface area contributed by atoms with Crippen molar-refractivity contribution >= 4 is 38.0 Å².